The Labute approximate surface area is 178 Å². The fourth-order valence-corrected chi connectivity index (χ4v) is 4.50. The Hall–Kier alpha value is -1.55. The van der Waals surface area contributed by atoms with Crippen LogP contribution in [-0.2, 0) is 15.6 Å². The molecular formula is C25H42N2O2. The number of phenols is 1. The maximum Gasteiger partial charge on any atom is 0.241 e. The molecule has 29 heavy (non-hydrogen) atoms. The lowest BCUT2D eigenvalue weighted by atomic mass is 9.77. The molecule has 4 nitrogen and oxygen atoms in total. The molecule has 0 bridgehead atoms. The third kappa shape index (κ3) is 5.53. The van der Waals surface area contributed by atoms with Crippen molar-refractivity contribution in [2.75, 3.05) is 13.6 Å². The topological polar surface area (TPSA) is 52.6 Å². The molecule has 1 fully saturated rings. The van der Waals surface area contributed by atoms with Gasteiger partial charge in [-0.3, -0.25) is 9.69 Å². The highest BCUT2D eigenvalue weighted by Gasteiger charge is 2.34. The summed E-state index contributed by atoms with van der Waals surface area (Å²) in [6.07, 6.45) is 6.03. The van der Waals surface area contributed by atoms with Crippen molar-refractivity contribution in [2.24, 2.45) is 0 Å². The normalized spacial score (nSPS) is 17.4. The van der Waals surface area contributed by atoms with Crippen molar-refractivity contribution in [1.82, 2.24) is 10.2 Å². The largest absolute Gasteiger partial charge is 0.507 e. The number of nitrogens with zero attached hydrogens (tertiary/aromatic N) is 1. The van der Waals surface area contributed by atoms with Gasteiger partial charge in [0.05, 0.1) is 0 Å². The lowest BCUT2D eigenvalue weighted by Crippen LogP contribution is -2.44. The van der Waals surface area contributed by atoms with E-state index in [2.05, 4.69) is 70.9 Å². The van der Waals surface area contributed by atoms with Crippen molar-refractivity contribution in [2.45, 2.75) is 103 Å². The molecule has 1 aromatic rings. The van der Waals surface area contributed by atoms with Crippen LogP contribution < -0.4 is 5.32 Å². The molecule has 1 aromatic carbocycles. The van der Waals surface area contributed by atoms with Crippen LogP contribution in [0, 0.1) is 0 Å². The Morgan fingerprint density at radius 1 is 1.07 bits per heavy atom. The second kappa shape index (κ2) is 9.07. The van der Waals surface area contributed by atoms with Crippen LogP contribution in [0.2, 0.25) is 0 Å². The number of carbonyl (C=O) groups is 1. The van der Waals surface area contributed by atoms with E-state index < -0.39 is 0 Å². The van der Waals surface area contributed by atoms with Crippen LogP contribution in [0.25, 0.3) is 0 Å². The van der Waals surface area contributed by atoms with Crippen LogP contribution >= 0.6 is 0 Å². The molecule has 4 heteroatoms. The summed E-state index contributed by atoms with van der Waals surface area (Å²) in [5.41, 5.74) is 2.37. The van der Waals surface area contributed by atoms with Gasteiger partial charge in [-0.25, -0.2) is 0 Å². The number of likely N-dealkylation sites (N-methyl/N-ethyl adjacent to an activating group) is 2. The van der Waals surface area contributed by atoms with E-state index >= 15 is 0 Å². The fraction of sp³-hybridized carbons (Fsp3) is 0.720. The van der Waals surface area contributed by atoms with Crippen LogP contribution in [0.4, 0.5) is 0 Å². The van der Waals surface area contributed by atoms with Crippen molar-refractivity contribution in [3.63, 3.8) is 0 Å². The third-order valence-electron chi connectivity index (χ3n) is 6.22. The first-order chi connectivity index (χ1) is 13.4. The minimum absolute atomic E-state index is 0.0472. The van der Waals surface area contributed by atoms with Gasteiger partial charge < -0.3 is 10.4 Å². The first-order valence-electron chi connectivity index (χ1n) is 11.3. The fourth-order valence-electron chi connectivity index (χ4n) is 4.50. The van der Waals surface area contributed by atoms with Crippen LogP contribution in [0.3, 0.4) is 0 Å². The maximum atomic E-state index is 13.2. The number of nitrogens with one attached hydrogen (secondary N) is 1. The van der Waals surface area contributed by atoms with E-state index in [0.29, 0.717) is 18.3 Å². The van der Waals surface area contributed by atoms with Gasteiger partial charge in [-0.2, -0.15) is 0 Å². The number of phenolic OH excluding ortho intramolecular Hbond substituents is 1. The predicted molar refractivity (Wildman–Crippen MR) is 122 cm³/mol. The zero-order valence-electron chi connectivity index (χ0n) is 19.9. The van der Waals surface area contributed by atoms with Gasteiger partial charge in [0.15, 0.2) is 0 Å². The number of hydrogen-bond acceptors (Lipinski definition) is 3. The van der Waals surface area contributed by atoms with E-state index in [4.69, 9.17) is 0 Å². The Balaban J connectivity index is 2.63. The highest BCUT2D eigenvalue weighted by atomic mass is 16.3. The van der Waals surface area contributed by atoms with Crippen LogP contribution in [0.1, 0.15) is 103 Å². The minimum atomic E-state index is -0.346. The van der Waals surface area contributed by atoms with E-state index in [1.54, 1.807) is 0 Å². The summed E-state index contributed by atoms with van der Waals surface area (Å²) in [6.45, 7) is 15.3. The Kier molecular flexibility index (Phi) is 7.42. The number of benzene rings is 1. The van der Waals surface area contributed by atoms with Gasteiger partial charge in [-0.1, -0.05) is 60.8 Å². The molecule has 0 spiro atoms. The minimum Gasteiger partial charge on any atom is -0.507 e. The summed E-state index contributed by atoms with van der Waals surface area (Å²) in [7, 11) is 2.09. The summed E-state index contributed by atoms with van der Waals surface area (Å²) < 4.78 is 0. The van der Waals surface area contributed by atoms with Gasteiger partial charge in [0, 0.05) is 12.6 Å². The van der Waals surface area contributed by atoms with E-state index in [0.717, 1.165) is 29.5 Å². The van der Waals surface area contributed by atoms with Crippen molar-refractivity contribution in [1.29, 1.82) is 0 Å². The number of carbonyl (C=O) groups excluding carboxylic acids is 1. The second-order valence-corrected chi connectivity index (χ2v) is 10.7. The molecule has 1 atom stereocenters. The van der Waals surface area contributed by atoms with Crippen LogP contribution in [0.5, 0.6) is 5.75 Å². The number of rotatable bonds is 5. The maximum absolute atomic E-state index is 13.2. The van der Waals surface area contributed by atoms with Gasteiger partial charge in [0.2, 0.25) is 5.91 Å². The highest BCUT2D eigenvalue weighted by molar-refractivity contribution is 5.83. The summed E-state index contributed by atoms with van der Waals surface area (Å²) in [4.78, 5) is 15.5. The Bertz CT molecular complexity index is 672. The summed E-state index contributed by atoms with van der Waals surface area (Å²) in [6, 6.07) is 4.19. The molecule has 1 aliphatic carbocycles. The van der Waals surface area contributed by atoms with E-state index in [9.17, 15) is 9.90 Å². The van der Waals surface area contributed by atoms with Crippen molar-refractivity contribution >= 4 is 5.91 Å². The van der Waals surface area contributed by atoms with Crippen LogP contribution in [-0.4, -0.2) is 35.5 Å². The summed E-state index contributed by atoms with van der Waals surface area (Å²) in [5.74, 6) is 0.412. The molecule has 0 heterocycles. The molecule has 1 unspecified atom stereocenters. The average Bonchev–Trinajstić information content (AvgIpc) is 2.62. The monoisotopic (exact) mass is 402 g/mol. The Morgan fingerprint density at radius 2 is 1.55 bits per heavy atom. The third-order valence-corrected chi connectivity index (χ3v) is 6.22. The molecule has 0 radical (unpaired) electrons. The van der Waals surface area contributed by atoms with Gasteiger partial charge in [-0.05, 0) is 66.5 Å². The molecule has 164 valence electrons. The summed E-state index contributed by atoms with van der Waals surface area (Å²) >= 11 is 0. The van der Waals surface area contributed by atoms with Crippen molar-refractivity contribution in [3.05, 3.63) is 28.8 Å². The van der Waals surface area contributed by atoms with Gasteiger partial charge in [-0.15, -0.1) is 0 Å². The van der Waals surface area contributed by atoms with E-state index in [-0.39, 0.29) is 22.8 Å². The molecule has 1 aliphatic rings. The molecule has 2 N–H and O–H groups in total. The van der Waals surface area contributed by atoms with E-state index in [1.807, 2.05) is 6.92 Å². The standard InChI is InChI=1S/C25H42N2O2/c1-9-26-23(29)21(27(8)18-13-11-10-12-14-18)17-15-19(24(2,3)4)22(28)20(16-17)25(5,6)7/h15-16,18,21,28H,9-14H2,1-8H3,(H,26,29). The molecule has 0 aromatic heterocycles. The zero-order valence-corrected chi connectivity index (χ0v) is 19.9. The quantitative estimate of drug-likeness (QED) is 0.690. The zero-order chi connectivity index (χ0) is 22.0. The van der Waals surface area contributed by atoms with Gasteiger partial charge >= 0.3 is 0 Å². The predicted octanol–water partition coefficient (Wildman–Crippen LogP) is 5.43. The van der Waals surface area contributed by atoms with Crippen molar-refractivity contribution < 1.29 is 9.90 Å². The first-order valence-corrected chi connectivity index (χ1v) is 11.3. The molecule has 1 saturated carbocycles. The molecular weight excluding hydrogens is 360 g/mol. The smallest absolute Gasteiger partial charge is 0.241 e. The molecule has 1 amide bonds. The van der Waals surface area contributed by atoms with Crippen molar-refractivity contribution in [3.8, 4) is 5.75 Å². The lowest BCUT2D eigenvalue weighted by Gasteiger charge is -2.38. The molecule has 0 aliphatic heterocycles. The summed E-state index contributed by atoms with van der Waals surface area (Å²) in [5, 5.41) is 14.1. The Morgan fingerprint density at radius 3 is 1.97 bits per heavy atom. The van der Waals surface area contributed by atoms with Crippen LogP contribution in [0.15, 0.2) is 12.1 Å². The lowest BCUT2D eigenvalue weighted by molar-refractivity contribution is -0.127. The second-order valence-electron chi connectivity index (χ2n) is 10.7. The van der Waals surface area contributed by atoms with Gasteiger partial charge in [0.1, 0.15) is 11.8 Å². The highest BCUT2D eigenvalue weighted by Crippen LogP contribution is 2.42. The molecule has 2 rings (SSSR count). The SMILES string of the molecule is CCNC(=O)C(c1cc(C(C)(C)C)c(O)c(C(C)(C)C)c1)N(C)C1CCCCC1. The van der Waals surface area contributed by atoms with Gasteiger partial charge in [0.25, 0.3) is 0 Å². The number of hydrogen-bond donors (Lipinski definition) is 2. The average molecular weight is 403 g/mol. The van der Waals surface area contributed by atoms with E-state index in [1.165, 1.54) is 19.3 Å². The first kappa shape index (κ1) is 23.7. The number of amides is 1. The molecule has 0 saturated heterocycles. The number of aromatic hydroxyl groups is 1.